The molecule has 5 rings (SSSR count). The fourth-order valence-electron chi connectivity index (χ4n) is 3.76. The van der Waals surface area contributed by atoms with Gasteiger partial charge in [-0.2, -0.15) is 5.10 Å². The van der Waals surface area contributed by atoms with Crippen molar-refractivity contribution >= 4 is 40.5 Å². The quantitative estimate of drug-likeness (QED) is 0.443. The highest BCUT2D eigenvalue weighted by Crippen LogP contribution is 2.49. The molecule has 2 aliphatic heterocycles. The summed E-state index contributed by atoms with van der Waals surface area (Å²) in [5.41, 5.74) is 3.94. The van der Waals surface area contributed by atoms with Crippen LogP contribution in [0.3, 0.4) is 0 Å². The van der Waals surface area contributed by atoms with Crippen molar-refractivity contribution in [2.24, 2.45) is 5.10 Å². The molecule has 0 aromatic heterocycles. The lowest BCUT2D eigenvalue weighted by atomic mass is 9.96. The van der Waals surface area contributed by atoms with Gasteiger partial charge in [0.2, 0.25) is 6.23 Å². The number of halogens is 3. The molecule has 0 saturated heterocycles. The Morgan fingerprint density at radius 2 is 1.61 bits per heavy atom. The van der Waals surface area contributed by atoms with Crippen LogP contribution in [0, 0.1) is 0 Å². The Balaban J connectivity index is 1.62. The minimum Gasteiger partial charge on any atom is -0.464 e. The van der Waals surface area contributed by atoms with Gasteiger partial charge in [0.05, 0.1) is 11.8 Å². The van der Waals surface area contributed by atoms with Crippen LogP contribution in [0.25, 0.3) is 0 Å². The van der Waals surface area contributed by atoms with Gasteiger partial charge in [0.25, 0.3) is 0 Å². The molecule has 3 aromatic carbocycles. The van der Waals surface area contributed by atoms with Crippen LogP contribution in [0.4, 0.5) is 0 Å². The van der Waals surface area contributed by atoms with E-state index in [1.165, 1.54) is 0 Å². The van der Waals surface area contributed by atoms with Gasteiger partial charge in [-0.3, -0.25) is 0 Å². The molecule has 0 saturated carbocycles. The highest BCUT2D eigenvalue weighted by molar-refractivity contribution is 6.31. The molecule has 140 valence electrons. The minimum atomic E-state index is -0.405. The van der Waals surface area contributed by atoms with Gasteiger partial charge in [-0.1, -0.05) is 65.1 Å². The Hall–Kier alpha value is -2.20. The summed E-state index contributed by atoms with van der Waals surface area (Å²) in [6, 6.07) is 21.2. The molecule has 0 aliphatic carbocycles. The second-order valence-electron chi connectivity index (χ2n) is 6.83. The third kappa shape index (κ3) is 3.04. The molecular formula is C22H15Cl3N2O. The zero-order chi connectivity index (χ0) is 19.3. The van der Waals surface area contributed by atoms with E-state index in [-0.39, 0.29) is 6.04 Å². The van der Waals surface area contributed by atoms with Crippen LogP contribution in [-0.2, 0) is 0 Å². The van der Waals surface area contributed by atoms with Crippen molar-refractivity contribution in [1.82, 2.24) is 5.01 Å². The van der Waals surface area contributed by atoms with Gasteiger partial charge in [0.1, 0.15) is 5.75 Å². The molecule has 0 spiro atoms. The topological polar surface area (TPSA) is 24.8 Å². The maximum atomic E-state index is 6.48. The Bertz CT molecular complexity index is 1080. The third-order valence-corrected chi connectivity index (χ3v) is 5.93. The van der Waals surface area contributed by atoms with Gasteiger partial charge in [0.15, 0.2) is 0 Å². The summed E-state index contributed by atoms with van der Waals surface area (Å²) in [7, 11) is 0. The molecule has 0 radical (unpaired) electrons. The lowest BCUT2D eigenvalue weighted by Crippen LogP contribution is -2.33. The summed E-state index contributed by atoms with van der Waals surface area (Å²) in [6.45, 7) is 0. The van der Waals surface area contributed by atoms with E-state index in [2.05, 4.69) is 0 Å². The number of benzene rings is 3. The molecule has 0 unspecified atom stereocenters. The second kappa shape index (κ2) is 7.00. The van der Waals surface area contributed by atoms with Crippen LogP contribution >= 0.6 is 34.8 Å². The number of ether oxygens (including phenoxy) is 1. The van der Waals surface area contributed by atoms with Crippen LogP contribution in [0.2, 0.25) is 15.1 Å². The Morgan fingerprint density at radius 3 is 2.39 bits per heavy atom. The first kappa shape index (κ1) is 17.9. The number of fused-ring (bicyclic) bond motifs is 3. The highest BCUT2D eigenvalue weighted by Gasteiger charge is 2.41. The average Bonchev–Trinajstić information content (AvgIpc) is 3.14. The number of hydrogen-bond acceptors (Lipinski definition) is 3. The summed E-state index contributed by atoms with van der Waals surface area (Å²) in [5, 5.41) is 8.94. The predicted octanol–water partition coefficient (Wildman–Crippen LogP) is 6.89. The van der Waals surface area contributed by atoms with Crippen molar-refractivity contribution in [3.05, 3.63) is 98.5 Å². The van der Waals surface area contributed by atoms with E-state index in [9.17, 15) is 0 Å². The standard InChI is InChI=1S/C22H15Cl3N2O/c23-14-7-5-13(6-8-14)19-12-20-17-11-15(24)9-10-21(17)28-22(27(20)26-19)16-3-1-2-4-18(16)25/h1-11,20,22H,12H2/t20-,22+/m1/s1. The van der Waals surface area contributed by atoms with Crippen LogP contribution in [0.5, 0.6) is 5.75 Å². The fraction of sp³-hybridized carbons (Fsp3) is 0.136. The molecule has 0 bridgehead atoms. The summed E-state index contributed by atoms with van der Waals surface area (Å²) in [5.74, 6) is 0.808. The van der Waals surface area contributed by atoms with Gasteiger partial charge >= 0.3 is 0 Å². The third-order valence-electron chi connectivity index (χ3n) is 5.10. The van der Waals surface area contributed by atoms with Crippen molar-refractivity contribution in [2.45, 2.75) is 18.7 Å². The van der Waals surface area contributed by atoms with Gasteiger partial charge in [-0.25, -0.2) is 5.01 Å². The molecule has 0 N–H and O–H groups in total. The monoisotopic (exact) mass is 428 g/mol. The molecule has 2 aliphatic rings. The molecule has 2 atom stereocenters. The summed E-state index contributed by atoms with van der Waals surface area (Å²) < 4.78 is 6.33. The minimum absolute atomic E-state index is 0.0226. The smallest absolute Gasteiger partial charge is 0.215 e. The van der Waals surface area contributed by atoms with Crippen molar-refractivity contribution in [3.8, 4) is 5.75 Å². The predicted molar refractivity (Wildman–Crippen MR) is 113 cm³/mol. The van der Waals surface area contributed by atoms with E-state index in [0.29, 0.717) is 15.1 Å². The van der Waals surface area contributed by atoms with Crippen molar-refractivity contribution in [2.75, 3.05) is 0 Å². The number of nitrogens with zero attached hydrogens (tertiary/aromatic N) is 2. The lowest BCUT2D eigenvalue weighted by Gasteiger charge is -2.38. The maximum Gasteiger partial charge on any atom is 0.215 e. The van der Waals surface area contributed by atoms with Crippen molar-refractivity contribution in [1.29, 1.82) is 0 Å². The van der Waals surface area contributed by atoms with Gasteiger partial charge < -0.3 is 4.74 Å². The van der Waals surface area contributed by atoms with E-state index in [1.807, 2.05) is 71.7 Å². The molecule has 2 heterocycles. The zero-order valence-electron chi connectivity index (χ0n) is 14.6. The van der Waals surface area contributed by atoms with Crippen LogP contribution in [0.15, 0.2) is 71.8 Å². The second-order valence-corrected chi connectivity index (χ2v) is 8.11. The summed E-state index contributed by atoms with van der Waals surface area (Å²) in [4.78, 5) is 0. The van der Waals surface area contributed by atoms with Gasteiger partial charge in [-0.15, -0.1) is 0 Å². The van der Waals surface area contributed by atoms with E-state index in [0.717, 1.165) is 34.6 Å². The van der Waals surface area contributed by atoms with Gasteiger partial charge in [-0.05, 0) is 42.0 Å². The first-order valence-electron chi connectivity index (χ1n) is 8.92. The zero-order valence-corrected chi connectivity index (χ0v) is 16.9. The number of rotatable bonds is 2. The summed E-state index contributed by atoms with van der Waals surface area (Å²) >= 11 is 18.8. The molecule has 0 fully saturated rings. The van der Waals surface area contributed by atoms with E-state index in [4.69, 9.17) is 44.6 Å². The Labute approximate surface area is 178 Å². The largest absolute Gasteiger partial charge is 0.464 e. The highest BCUT2D eigenvalue weighted by atomic mass is 35.5. The molecule has 6 heteroatoms. The number of hydrogen-bond donors (Lipinski definition) is 0. The molecule has 28 heavy (non-hydrogen) atoms. The first-order chi connectivity index (χ1) is 13.6. The maximum absolute atomic E-state index is 6.48. The molecule has 3 nitrogen and oxygen atoms in total. The normalized spacial score (nSPS) is 20.2. The van der Waals surface area contributed by atoms with Gasteiger partial charge in [0, 0.05) is 32.6 Å². The first-order valence-corrected chi connectivity index (χ1v) is 10.1. The average molecular weight is 430 g/mol. The Kier molecular flexibility index (Phi) is 4.47. The van der Waals surface area contributed by atoms with Crippen LogP contribution in [-0.4, -0.2) is 10.7 Å². The van der Waals surface area contributed by atoms with E-state index in [1.54, 1.807) is 0 Å². The lowest BCUT2D eigenvalue weighted by molar-refractivity contribution is -0.0189. The van der Waals surface area contributed by atoms with Crippen molar-refractivity contribution in [3.63, 3.8) is 0 Å². The van der Waals surface area contributed by atoms with Crippen molar-refractivity contribution < 1.29 is 4.74 Å². The number of hydrazone groups is 1. The van der Waals surface area contributed by atoms with Crippen LogP contribution in [0.1, 0.15) is 35.4 Å². The SMILES string of the molecule is Clc1ccc(C2=NN3[C@H](C2)c2cc(Cl)ccc2O[C@H]3c2ccccc2Cl)cc1. The molecule has 3 aromatic rings. The van der Waals surface area contributed by atoms with Crippen LogP contribution < -0.4 is 4.74 Å². The Morgan fingerprint density at radius 1 is 0.857 bits per heavy atom. The van der Waals surface area contributed by atoms with E-state index < -0.39 is 6.23 Å². The summed E-state index contributed by atoms with van der Waals surface area (Å²) in [6.07, 6.45) is 0.344. The van der Waals surface area contributed by atoms with E-state index >= 15 is 0 Å². The molecule has 0 amide bonds. The fourth-order valence-corrected chi connectivity index (χ4v) is 4.29. The molecular weight excluding hydrogens is 415 g/mol.